The highest BCUT2D eigenvalue weighted by atomic mass is 35.5. The van der Waals surface area contributed by atoms with E-state index in [1.54, 1.807) is 0 Å². The first-order valence-corrected chi connectivity index (χ1v) is 13.4. The number of nitrogens with one attached hydrogen (secondary N) is 1. The van der Waals surface area contributed by atoms with Crippen molar-refractivity contribution in [1.82, 2.24) is 4.72 Å². The molecule has 0 amide bonds. The number of carbonyl (C=O) groups is 1. The number of carbonyl (C=O) groups excluding carboxylic acids is 1. The molecule has 1 aliphatic rings. The van der Waals surface area contributed by atoms with Gasteiger partial charge in [0.1, 0.15) is 16.4 Å². The molecule has 1 aliphatic carbocycles. The van der Waals surface area contributed by atoms with Gasteiger partial charge in [0.2, 0.25) is 10.0 Å². The molecule has 33 heavy (non-hydrogen) atoms. The largest absolute Gasteiger partial charge is 0.468 e. The summed E-state index contributed by atoms with van der Waals surface area (Å²) in [5, 5.41) is 0.309. The van der Waals surface area contributed by atoms with Crippen LogP contribution in [0.25, 0.3) is 0 Å². The van der Waals surface area contributed by atoms with Crippen LogP contribution in [0.3, 0.4) is 0 Å². The molecule has 0 radical (unpaired) electrons. The fourth-order valence-electron chi connectivity index (χ4n) is 4.08. The zero-order valence-corrected chi connectivity index (χ0v) is 19.9. The van der Waals surface area contributed by atoms with Crippen molar-refractivity contribution in [3.8, 4) is 0 Å². The highest BCUT2D eigenvalue weighted by molar-refractivity contribution is 7.92. The van der Waals surface area contributed by atoms with Crippen LogP contribution < -0.4 is 4.72 Å². The van der Waals surface area contributed by atoms with Crippen molar-refractivity contribution in [3.05, 3.63) is 64.7 Å². The first kappa shape index (κ1) is 25.5. The number of hydrogen-bond acceptors (Lipinski definition) is 6. The van der Waals surface area contributed by atoms with Gasteiger partial charge in [0.15, 0.2) is 15.6 Å². The van der Waals surface area contributed by atoms with Crippen molar-refractivity contribution in [3.63, 3.8) is 0 Å². The highest BCUT2D eigenvalue weighted by Gasteiger charge is 2.50. The molecular weight excluding hydrogens is 500 g/mol. The van der Waals surface area contributed by atoms with Gasteiger partial charge < -0.3 is 4.74 Å². The van der Waals surface area contributed by atoms with Crippen LogP contribution in [0.4, 0.5) is 8.78 Å². The minimum Gasteiger partial charge on any atom is -0.468 e. The van der Waals surface area contributed by atoms with Gasteiger partial charge in [-0.15, -0.1) is 0 Å². The molecule has 0 bridgehead atoms. The van der Waals surface area contributed by atoms with Gasteiger partial charge in [0, 0.05) is 16.6 Å². The summed E-state index contributed by atoms with van der Waals surface area (Å²) in [7, 11) is -7.21. The molecule has 3 rings (SSSR count). The number of sulfone groups is 1. The lowest BCUT2D eigenvalue weighted by molar-refractivity contribution is -0.137. The normalized spacial score (nSPS) is 21.5. The minimum atomic E-state index is -4.24. The molecule has 1 saturated carbocycles. The van der Waals surface area contributed by atoms with Gasteiger partial charge in [-0.3, -0.25) is 4.79 Å². The second-order valence-corrected chi connectivity index (χ2v) is 12.3. The van der Waals surface area contributed by atoms with E-state index >= 15 is 0 Å². The van der Waals surface area contributed by atoms with Crippen LogP contribution in [0.5, 0.6) is 0 Å². The Morgan fingerprint density at radius 3 is 2.27 bits per heavy atom. The summed E-state index contributed by atoms with van der Waals surface area (Å²) in [5.74, 6) is -3.50. The van der Waals surface area contributed by atoms with Crippen LogP contribution in [0.2, 0.25) is 5.02 Å². The van der Waals surface area contributed by atoms with Gasteiger partial charge in [-0.25, -0.2) is 30.3 Å². The minimum absolute atomic E-state index is 0.0170. The fraction of sp³-hybridized carbons (Fsp3) is 0.381. The summed E-state index contributed by atoms with van der Waals surface area (Å²) < 4.78 is 85.7. The third-order valence-electron chi connectivity index (χ3n) is 5.73. The van der Waals surface area contributed by atoms with E-state index in [2.05, 4.69) is 9.46 Å². The molecule has 0 aromatic heterocycles. The van der Waals surface area contributed by atoms with E-state index in [0.717, 1.165) is 25.3 Å². The molecule has 0 atom stereocenters. The molecule has 180 valence electrons. The molecule has 2 aromatic carbocycles. The van der Waals surface area contributed by atoms with Gasteiger partial charge >= 0.3 is 5.97 Å². The molecule has 12 heteroatoms. The molecule has 0 unspecified atom stereocenters. The van der Waals surface area contributed by atoms with E-state index in [9.17, 15) is 30.4 Å². The maximum Gasteiger partial charge on any atom is 0.322 e. The molecule has 0 saturated heterocycles. The SMILES string of the molecule is COC(=O)CS(=O)(=O)NC1CCC(c2cc(F)ccc2F)(S(=O)(=O)c2ccc(Cl)cc2)CC1. The quantitative estimate of drug-likeness (QED) is 0.560. The zero-order chi connectivity index (χ0) is 24.4. The Morgan fingerprint density at radius 2 is 1.70 bits per heavy atom. The molecule has 0 spiro atoms. The average Bonchev–Trinajstić information content (AvgIpc) is 2.75. The lowest BCUT2D eigenvalue weighted by Gasteiger charge is -2.40. The molecule has 0 aliphatic heterocycles. The summed E-state index contributed by atoms with van der Waals surface area (Å²) in [6.07, 6.45) is -0.320. The maximum absolute atomic E-state index is 14.8. The van der Waals surface area contributed by atoms with E-state index in [-0.39, 0.29) is 36.1 Å². The maximum atomic E-state index is 14.8. The Kier molecular flexibility index (Phi) is 7.47. The Morgan fingerprint density at radius 1 is 1.09 bits per heavy atom. The topological polar surface area (TPSA) is 107 Å². The van der Waals surface area contributed by atoms with Gasteiger partial charge in [-0.2, -0.15) is 0 Å². The summed E-state index contributed by atoms with van der Waals surface area (Å²) in [6.45, 7) is 0. The van der Waals surface area contributed by atoms with E-state index in [0.29, 0.717) is 5.02 Å². The Hall–Kier alpha value is -2.08. The number of halogens is 3. The van der Waals surface area contributed by atoms with Crippen LogP contribution in [0.1, 0.15) is 31.2 Å². The number of methoxy groups -OCH3 is 1. The van der Waals surface area contributed by atoms with E-state index in [1.165, 1.54) is 24.3 Å². The first-order valence-electron chi connectivity index (χ1n) is 9.93. The van der Waals surface area contributed by atoms with Crippen LogP contribution >= 0.6 is 11.6 Å². The van der Waals surface area contributed by atoms with Crippen molar-refractivity contribution in [2.45, 2.75) is 41.4 Å². The predicted octanol–water partition coefficient (Wildman–Crippen LogP) is 3.32. The molecule has 2 aromatic rings. The van der Waals surface area contributed by atoms with Crippen LogP contribution in [0, 0.1) is 11.6 Å². The van der Waals surface area contributed by atoms with Crippen molar-refractivity contribution < 1.29 is 35.1 Å². The standard InChI is InChI=1S/C21H22ClF2NO6S2/c1-31-20(26)13-32(27,28)25-16-8-10-21(11-9-16,18-12-15(23)4-7-19(18)24)33(29,30)17-5-2-14(22)3-6-17/h2-7,12,16,25H,8-11,13H2,1H3. The first-order chi connectivity index (χ1) is 15.4. The van der Waals surface area contributed by atoms with Crippen molar-refractivity contribution in [2.75, 3.05) is 12.9 Å². The van der Waals surface area contributed by atoms with E-state index in [1.807, 2.05) is 0 Å². The second kappa shape index (κ2) is 9.65. The summed E-state index contributed by atoms with van der Waals surface area (Å²) in [5.41, 5.74) is -0.312. The number of hydrogen-bond donors (Lipinski definition) is 1. The molecular formula is C21H22ClF2NO6S2. The molecule has 1 fully saturated rings. The second-order valence-electron chi connectivity index (χ2n) is 7.80. The Bertz CT molecular complexity index is 1240. The van der Waals surface area contributed by atoms with Crippen LogP contribution in [-0.2, 0) is 34.1 Å². The predicted molar refractivity (Wildman–Crippen MR) is 118 cm³/mol. The molecule has 1 N–H and O–H groups in total. The van der Waals surface area contributed by atoms with Crippen molar-refractivity contribution in [1.29, 1.82) is 0 Å². The van der Waals surface area contributed by atoms with Gasteiger partial charge in [0.25, 0.3) is 0 Å². The van der Waals surface area contributed by atoms with Crippen molar-refractivity contribution >= 4 is 37.4 Å². The third kappa shape index (κ3) is 5.37. The number of rotatable bonds is 7. The molecule has 0 heterocycles. The number of sulfonamides is 1. The van der Waals surface area contributed by atoms with Gasteiger partial charge in [0.05, 0.1) is 12.0 Å². The lowest BCUT2D eigenvalue weighted by Crippen LogP contribution is -2.47. The fourth-order valence-corrected chi connectivity index (χ4v) is 7.63. The summed E-state index contributed by atoms with van der Waals surface area (Å²) in [6, 6.07) is 7.30. The highest BCUT2D eigenvalue weighted by Crippen LogP contribution is 2.48. The van der Waals surface area contributed by atoms with E-state index < -0.39 is 54.0 Å². The molecule has 7 nitrogen and oxygen atoms in total. The number of benzene rings is 2. The van der Waals surface area contributed by atoms with Gasteiger partial charge in [-0.05, 0) is 68.1 Å². The zero-order valence-electron chi connectivity index (χ0n) is 17.6. The summed E-state index contributed by atoms with van der Waals surface area (Å²) in [4.78, 5) is 11.2. The Balaban J connectivity index is 1.99. The summed E-state index contributed by atoms with van der Waals surface area (Å²) >= 11 is 5.87. The Labute approximate surface area is 196 Å². The average molecular weight is 522 g/mol. The number of esters is 1. The smallest absolute Gasteiger partial charge is 0.322 e. The van der Waals surface area contributed by atoms with E-state index in [4.69, 9.17) is 11.6 Å². The van der Waals surface area contributed by atoms with Crippen LogP contribution in [0.15, 0.2) is 47.4 Å². The van der Waals surface area contributed by atoms with Crippen molar-refractivity contribution in [2.24, 2.45) is 0 Å². The third-order valence-corrected chi connectivity index (χ3v) is 9.84. The number of ether oxygens (including phenoxy) is 1. The van der Waals surface area contributed by atoms with Crippen LogP contribution in [-0.4, -0.2) is 41.7 Å². The van der Waals surface area contributed by atoms with Gasteiger partial charge in [-0.1, -0.05) is 11.6 Å². The monoisotopic (exact) mass is 521 g/mol. The lowest BCUT2D eigenvalue weighted by atomic mass is 9.80.